The van der Waals surface area contributed by atoms with E-state index >= 15 is 0 Å². The van der Waals surface area contributed by atoms with E-state index in [-0.39, 0.29) is 25.7 Å². The minimum atomic E-state index is -1.18. The average molecular weight is 498 g/mol. The lowest BCUT2D eigenvalue weighted by molar-refractivity contribution is -0.139. The van der Waals surface area contributed by atoms with Gasteiger partial charge in [-0.1, -0.05) is 78.9 Å². The summed E-state index contributed by atoms with van der Waals surface area (Å²) in [6.45, 7) is 0.842. The molecule has 8 heteroatoms. The minimum Gasteiger partial charge on any atom is -0.480 e. The number of fused-ring (bicyclic) bond motifs is 3. The second kappa shape index (κ2) is 11.1. The normalized spacial score (nSPS) is 13.0. The van der Waals surface area contributed by atoms with Gasteiger partial charge in [-0.3, -0.25) is 0 Å². The number of nitrogens with zero attached hydrogens (tertiary/aromatic N) is 2. The van der Waals surface area contributed by atoms with E-state index in [2.05, 4.69) is 22.4 Å². The van der Waals surface area contributed by atoms with Crippen LogP contribution in [0.15, 0.2) is 91.4 Å². The van der Waals surface area contributed by atoms with Crippen molar-refractivity contribution in [2.45, 2.75) is 31.7 Å². The van der Waals surface area contributed by atoms with Gasteiger partial charge in [0.05, 0.1) is 18.6 Å². The van der Waals surface area contributed by atoms with E-state index in [1.807, 2.05) is 66.7 Å². The molecule has 8 nitrogen and oxygen atoms in total. The van der Waals surface area contributed by atoms with Crippen molar-refractivity contribution in [1.82, 2.24) is 14.9 Å². The number of amides is 1. The molecule has 1 atom stereocenters. The Balaban J connectivity index is 1.15. The maximum absolute atomic E-state index is 12.6. The highest BCUT2D eigenvalue weighted by Gasteiger charge is 2.30. The van der Waals surface area contributed by atoms with Crippen molar-refractivity contribution < 1.29 is 24.2 Å². The van der Waals surface area contributed by atoms with Crippen molar-refractivity contribution in [1.29, 1.82) is 0 Å². The monoisotopic (exact) mass is 497 g/mol. The highest BCUT2D eigenvalue weighted by Crippen LogP contribution is 2.44. The zero-order chi connectivity index (χ0) is 25.6. The number of carboxylic acids is 1. The van der Waals surface area contributed by atoms with Crippen molar-refractivity contribution in [2.75, 3.05) is 6.61 Å². The Bertz CT molecular complexity index is 1340. The van der Waals surface area contributed by atoms with Gasteiger partial charge in [0.1, 0.15) is 19.4 Å². The number of aliphatic carboxylic acids is 1. The predicted octanol–water partition coefficient (Wildman–Crippen LogP) is 4.59. The lowest BCUT2D eigenvalue weighted by Gasteiger charge is -2.17. The molecule has 5 rings (SSSR count). The van der Waals surface area contributed by atoms with Gasteiger partial charge in [0, 0.05) is 18.5 Å². The number of benzene rings is 3. The van der Waals surface area contributed by atoms with Gasteiger partial charge in [-0.2, -0.15) is 0 Å². The van der Waals surface area contributed by atoms with Crippen molar-refractivity contribution >= 4 is 12.1 Å². The van der Waals surface area contributed by atoms with Crippen LogP contribution in [-0.2, 0) is 34.0 Å². The molecule has 0 spiro atoms. The number of hydrogen-bond acceptors (Lipinski definition) is 5. The van der Waals surface area contributed by atoms with Gasteiger partial charge in [0.15, 0.2) is 0 Å². The number of imidazole rings is 1. The number of rotatable bonds is 10. The van der Waals surface area contributed by atoms with Crippen LogP contribution in [0, 0.1) is 0 Å². The average Bonchev–Trinajstić information content (AvgIpc) is 3.49. The molecule has 0 saturated carbocycles. The second-order valence-electron chi connectivity index (χ2n) is 8.91. The molecule has 1 aromatic heterocycles. The van der Waals surface area contributed by atoms with Gasteiger partial charge < -0.3 is 24.5 Å². The molecule has 4 aromatic rings. The summed E-state index contributed by atoms with van der Waals surface area (Å²) in [4.78, 5) is 28.7. The fraction of sp³-hybridized carbons (Fsp3) is 0.207. The number of ether oxygens (including phenoxy) is 2. The Kier molecular flexibility index (Phi) is 7.28. The quantitative estimate of drug-likeness (QED) is 0.332. The highest BCUT2D eigenvalue weighted by atomic mass is 16.5. The molecule has 0 fully saturated rings. The fourth-order valence-corrected chi connectivity index (χ4v) is 4.62. The van der Waals surface area contributed by atoms with E-state index in [0.717, 1.165) is 27.8 Å². The first kappa shape index (κ1) is 24.3. The Hall–Kier alpha value is -4.43. The Morgan fingerprint density at radius 2 is 1.59 bits per heavy atom. The van der Waals surface area contributed by atoms with Gasteiger partial charge in [0.2, 0.25) is 0 Å². The molecule has 37 heavy (non-hydrogen) atoms. The van der Waals surface area contributed by atoms with Gasteiger partial charge in [-0.25, -0.2) is 14.6 Å². The highest BCUT2D eigenvalue weighted by molar-refractivity contribution is 5.81. The summed E-state index contributed by atoms with van der Waals surface area (Å²) in [7, 11) is 0. The maximum atomic E-state index is 12.6. The van der Waals surface area contributed by atoms with Crippen LogP contribution >= 0.6 is 0 Å². The van der Waals surface area contributed by atoms with Crippen LogP contribution in [0.25, 0.3) is 11.1 Å². The molecule has 0 aliphatic heterocycles. The Morgan fingerprint density at radius 3 is 2.27 bits per heavy atom. The molecule has 1 amide bonds. The first-order valence-corrected chi connectivity index (χ1v) is 12.0. The summed E-state index contributed by atoms with van der Waals surface area (Å²) in [5.41, 5.74) is 6.01. The van der Waals surface area contributed by atoms with Gasteiger partial charge in [-0.15, -0.1) is 0 Å². The zero-order valence-corrected chi connectivity index (χ0v) is 20.1. The van der Waals surface area contributed by atoms with Crippen LogP contribution < -0.4 is 5.32 Å². The number of nitrogens with one attached hydrogen (secondary N) is 1. The summed E-state index contributed by atoms with van der Waals surface area (Å²) in [5, 5.41) is 12.1. The summed E-state index contributed by atoms with van der Waals surface area (Å²) in [6.07, 6.45) is 2.53. The van der Waals surface area contributed by atoms with E-state index in [4.69, 9.17) is 9.47 Å². The number of carbonyl (C=O) groups excluding carboxylic acids is 1. The largest absolute Gasteiger partial charge is 0.480 e. The van der Waals surface area contributed by atoms with Crippen LogP contribution in [0.3, 0.4) is 0 Å². The summed E-state index contributed by atoms with van der Waals surface area (Å²) < 4.78 is 12.9. The van der Waals surface area contributed by atoms with Crippen molar-refractivity contribution in [3.05, 3.63) is 114 Å². The number of alkyl carbamates (subject to hydrolysis) is 1. The Labute approximate surface area is 214 Å². The van der Waals surface area contributed by atoms with E-state index in [9.17, 15) is 14.7 Å². The summed E-state index contributed by atoms with van der Waals surface area (Å²) in [5.74, 6) is -1.27. The standard InChI is InChI=1S/C29H27N3O5/c33-28(34)27(14-21-15-32(18-30-21)19-36-16-20-8-2-1-3-9-20)31-29(35)37-17-26-24-12-6-4-10-22(24)23-11-5-7-13-25(23)26/h1-13,15,18,26-27H,14,16-17,19H2,(H,31,35)(H,33,34)/t27-/m0/s1. The molecule has 1 heterocycles. The molecule has 0 bridgehead atoms. The third kappa shape index (κ3) is 5.70. The number of aromatic nitrogens is 2. The molecular weight excluding hydrogens is 470 g/mol. The van der Waals surface area contributed by atoms with Crippen molar-refractivity contribution in [3.63, 3.8) is 0 Å². The van der Waals surface area contributed by atoms with Gasteiger partial charge >= 0.3 is 12.1 Å². The molecule has 0 unspecified atom stereocenters. The van der Waals surface area contributed by atoms with E-state index < -0.39 is 18.1 Å². The number of carbonyl (C=O) groups is 2. The molecular formula is C29H27N3O5. The summed E-state index contributed by atoms with van der Waals surface area (Å²) >= 11 is 0. The SMILES string of the molecule is O=C(N[C@@H](Cc1cn(COCc2ccccc2)cn1)C(=O)O)OCC1c2ccccc2-c2ccccc21. The van der Waals surface area contributed by atoms with E-state index in [1.54, 1.807) is 17.1 Å². The van der Waals surface area contributed by atoms with Crippen LogP contribution in [0.1, 0.15) is 28.3 Å². The smallest absolute Gasteiger partial charge is 0.407 e. The van der Waals surface area contributed by atoms with Gasteiger partial charge in [-0.05, 0) is 27.8 Å². The number of carboxylic acid groups (broad SMARTS) is 1. The topological polar surface area (TPSA) is 103 Å². The first-order chi connectivity index (χ1) is 18.1. The lowest BCUT2D eigenvalue weighted by Crippen LogP contribution is -2.43. The maximum Gasteiger partial charge on any atom is 0.407 e. The number of hydrogen-bond donors (Lipinski definition) is 2. The Morgan fingerprint density at radius 1 is 0.946 bits per heavy atom. The molecule has 2 N–H and O–H groups in total. The second-order valence-corrected chi connectivity index (χ2v) is 8.91. The van der Waals surface area contributed by atoms with E-state index in [1.165, 1.54) is 0 Å². The molecule has 3 aromatic carbocycles. The third-order valence-electron chi connectivity index (χ3n) is 6.39. The molecule has 0 saturated heterocycles. The lowest BCUT2D eigenvalue weighted by atomic mass is 9.98. The van der Waals surface area contributed by atoms with Crippen LogP contribution in [0.2, 0.25) is 0 Å². The van der Waals surface area contributed by atoms with E-state index in [0.29, 0.717) is 12.3 Å². The van der Waals surface area contributed by atoms with Crippen molar-refractivity contribution in [3.8, 4) is 11.1 Å². The van der Waals surface area contributed by atoms with Crippen LogP contribution in [0.4, 0.5) is 4.79 Å². The van der Waals surface area contributed by atoms with Crippen LogP contribution in [-0.4, -0.2) is 39.4 Å². The molecule has 1 aliphatic carbocycles. The fourth-order valence-electron chi connectivity index (χ4n) is 4.62. The third-order valence-corrected chi connectivity index (χ3v) is 6.39. The predicted molar refractivity (Wildman–Crippen MR) is 137 cm³/mol. The zero-order valence-electron chi connectivity index (χ0n) is 20.1. The molecule has 0 radical (unpaired) electrons. The first-order valence-electron chi connectivity index (χ1n) is 12.0. The van der Waals surface area contributed by atoms with Gasteiger partial charge in [0.25, 0.3) is 0 Å². The molecule has 188 valence electrons. The summed E-state index contributed by atoms with van der Waals surface area (Å²) in [6, 6.07) is 24.7. The molecule has 1 aliphatic rings. The van der Waals surface area contributed by atoms with Crippen molar-refractivity contribution in [2.24, 2.45) is 0 Å². The van der Waals surface area contributed by atoms with Crippen LogP contribution in [0.5, 0.6) is 0 Å². The minimum absolute atomic E-state index is 0.0191.